The topological polar surface area (TPSA) is 117 Å². The Hall–Kier alpha value is -2.15. The fourth-order valence-electron chi connectivity index (χ4n) is 4.38. The molecular formula is C24H36N4O4S. The van der Waals surface area contributed by atoms with Gasteiger partial charge in [0.15, 0.2) is 0 Å². The van der Waals surface area contributed by atoms with Crippen molar-refractivity contribution in [1.82, 2.24) is 4.31 Å². The molecule has 0 radical (unpaired) electrons. The summed E-state index contributed by atoms with van der Waals surface area (Å²) in [4.78, 5) is 13.9. The van der Waals surface area contributed by atoms with Crippen LogP contribution >= 0.6 is 0 Å². The predicted octanol–water partition coefficient (Wildman–Crippen LogP) is 3.40. The lowest BCUT2D eigenvalue weighted by atomic mass is 9.91. The summed E-state index contributed by atoms with van der Waals surface area (Å²) in [6.45, 7) is 9.94. The van der Waals surface area contributed by atoms with E-state index in [1.807, 2.05) is 46.8 Å². The molecule has 0 atom stereocenters. The number of piperidine rings is 1. The molecule has 1 aliphatic carbocycles. The fourth-order valence-corrected chi connectivity index (χ4v) is 6.53. The van der Waals surface area contributed by atoms with Crippen molar-refractivity contribution in [3.8, 4) is 6.07 Å². The maximum absolute atomic E-state index is 13.5. The number of anilines is 1. The molecule has 1 amide bonds. The zero-order valence-corrected chi connectivity index (χ0v) is 21.4. The van der Waals surface area contributed by atoms with Gasteiger partial charge < -0.3 is 10.5 Å². The third-order valence-electron chi connectivity index (χ3n) is 6.77. The SMILES string of the molecule is Cc1cc(N(C)C(=O)OC(C)(C)C)cc(C)c1CC1(S(=O)(=O)N2CCC(N)(C#N)CC2)CC1. The van der Waals surface area contributed by atoms with Crippen molar-refractivity contribution < 1.29 is 17.9 Å². The van der Waals surface area contributed by atoms with E-state index in [1.54, 1.807) is 7.05 Å². The summed E-state index contributed by atoms with van der Waals surface area (Å²) in [7, 11) is -1.85. The molecule has 182 valence electrons. The molecular weight excluding hydrogens is 440 g/mol. The molecule has 1 saturated heterocycles. The van der Waals surface area contributed by atoms with E-state index in [9.17, 15) is 18.5 Å². The third-order valence-corrected chi connectivity index (χ3v) is 9.46. The largest absolute Gasteiger partial charge is 0.443 e. The first kappa shape index (κ1) is 25.5. The first-order valence-electron chi connectivity index (χ1n) is 11.4. The highest BCUT2D eigenvalue weighted by molar-refractivity contribution is 7.90. The molecule has 8 nitrogen and oxygen atoms in total. The molecule has 2 N–H and O–H groups in total. The van der Waals surface area contributed by atoms with E-state index in [0.717, 1.165) is 16.7 Å². The highest BCUT2D eigenvalue weighted by Crippen LogP contribution is 2.49. The second kappa shape index (κ2) is 8.57. The number of aryl methyl sites for hydroxylation is 2. The maximum Gasteiger partial charge on any atom is 0.414 e. The zero-order valence-electron chi connectivity index (χ0n) is 20.6. The summed E-state index contributed by atoms with van der Waals surface area (Å²) in [5, 5.41) is 9.24. The van der Waals surface area contributed by atoms with Crippen LogP contribution in [0.25, 0.3) is 0 Å². The van der Waals surface area contributed by atoms with Crippen LogP contribution in [0.4, 0.5) is 10.5 Å². The standard InChI is InChI=1S/C24H36N4O4S/c1-17-13-19(27(6)21(29)32-22(3,4)5)14-18(2)20(17)15-24(7-8-24)33(30,31)28-11-9-23(26,16-25)10-12-28/h13-14H,7-12,15,26H2,1-6H3. The number of carbonyl (C=O) groups is 1. The molecule has 1 aromatic carbocycles. The third kappa shape index (κ3) is 5.18. The van der Waals surface area contributed by atoms with Gasteiger partial charge in [0.2, 0.25) is 10.0 Å². The van der Waals surface area contributed by atoms with Crippen LogP contribution in [-0.4, -0.2) is 54.8 Å². The summed E-state index contributed by atoms with van der Waals surface area (Å²) >= 11 is 0. The summed E-state index contributed by atoms with van der Waals surface area (Å²) in [5.74, 6) is 0. The minimum absolute atomic E-state index is 0.283. The van der Waals surface area contributed by atoms with Gasteiger partial charge in [0.05, 0.1) is 10.8 Å². The molecule has 9 heteroatoms. The van der Waals surface area contributed by atoms with Gasteiger partial charge in [-0.05, 0) is 95.5 Å². The number of carbonyl (C=O) groups excluding carboxylic acids is 1. The van der Waals surface area contributed by atoms with Gasteiger partial charge >= 0.3 is 6.09 Å². The van der Waals surface area contributed by atoms with Crippen LogP contribution in [0.15, 0.2) is 12.1 Å². The Labute approximate surface area is 197 Å². The number of hydrogen-bond donors (Lipinski definition) is 1. The maximum atomic E-state index is 13.5. The number of ether oxygens (including phenoxy) is 1. The normalized spacial score (nSPS) is 20.1. The van der Waals surface area contributed by atoms with Crippen molar-refractivity contribution in [2.24, 2.45) is 5.73 Å². The number of sulfonamides is 1. The number of nitrogens with two attached hydrogens (primary N) is 1. The van der Waals surface area contributed by atoms with Crippen molar-refractivity contribution in [1.29, 1.82) is 5.26 Å². The molecule has 1 heterocycles. The summed E-state index contributed by atoms with van der Waals surface area (Å²) in [5.41, 5.74) is 8.11. The van der Waals surface area contributed by atoms with E-state index in [2.05, 4.69) is 6.07 Å². The van der Waals surface area contributed by atoms with Gasteiger partial charge in [0, 0.05) is 25.8 Å². The minimum Gasteiger partial charge on any atom is -0.443 e. The number of hydrogen-bond acceptors (Lipinski definition) is 6. The summed E-state index contributed by atoms with van der Waals surface area (Å²) in [6, 6.07) is 5.93. The van der Waals surface area contributed by atoms with Gasteiger partial charge in [0.25, 0.3) is 0 Å². The number of rotatable bonds is 5. The van der Waals surface area contributed by atoms with Gasteiger partial charge in [-0.2, -0.15) is 5.26 Å². The molecule has 1 saturated carbocycles. The Morgan fingerprint density at radius 3 is 2.12 bits per heavy atom. The molecule has 2 aliphatic rings. The van der Waals surface area contributed by atoms with E-state index in [4.69, 9.17) is 10.5 Å². The van der Waals surface area contributed by atoms with Crippen LogP contribution in [0.2, 0.25) is 0 Å². The van der Waals surface area contributed by atoms with E-state index in [-0.39, 0.29) is 13.1 Å². The average molecular weight is 477 g/mol. The Morgan fingerprint density at radius 2 is 1.70 bits per heavy atom. The monoisotopic (exact) mass is 476 g/mol. The fraction of sp³-hybridized carbons (Fsp3) is 0.667. The van der Waals surface area contributed by atoms with Gasteiger partial charge in [0.1, 0.15) is 11.1 Å². The van der Waals surface area contributed by atoms with Crippen LogP contribution in [0.3, 0.4) is 0 Å². The molecule has 0 aromatic heterocycles. The van der Waals surface area contributed by atoms with Crippen LogP contribution < -0.4 is 10.6 Å². The van der Waals surface area contributed by atoms with Crippen molar-refractivity contribution in [2.45, 2.75) is 82.6 Å². The smallest absolute Gasteiger partial charge is 0.414 e. The highest BCUT2D eigenvalue weighted by Gasteiger charge is 2.57. The molecule has 1 aliphatic heterocycles. The van der Waals surface area contributed by atoms with Crippen LogP contribution in [0.1, 0.15) is 63.1 Å². The predicted molar refractivity (Wildman–Crippen MR) is 128 cm³/mol. The second-order valence-corrected chi connectivity index (χ2v) is 13.0. The lowest BCUT2D eigenvalue weighted by Gasteiger charge is -2.36. The van der Waals surface area contributed by atoms with Crippen LogP contribution in [0, 0.1) is 25.2 Å². The Morgan fingerprint density at radius 1 is 1.18 bits per heavy atom. The van der Waals surface area contributed by atoms with E-state index >= 15 is 0 Å². The van der Waals surface area contributed by atoms with Gasteiger partial charge in [-0.1, -0.05) is 0 Å². The van der Waals surface area contributed by atoms with Crippen molar-refractivity contribution in [2.75, 3.05) is 25.0 Å². The second-order valence-electron chi connectivity index (χ2n) is 10.6. The van der Waals surface area contributed by atoms with E-state index in [0.29, 0.717) is 37.8 Å². The quantitative estimate of drug-likeness (QED) is 0.696. The lowest BCUT2D eigenvalue weighted by Crippen LogP contribution is -2.53. The zero-order chi connectivity index (χ0) is 24.8. The minimum atomic E-state index is -3.52. The first-order chi connectivity index (χ1) is 15.1. The van der Waals surface area contributed by atoms with Gasteiger partial charge in [-0.3, -0.25) is 4.90 Å². The van der Waals surface area contributed by atoms with E-state index in [1.165, 1.54) is 9.21 Å². The van der Waals surface area contributed by atoms with Gasteiger partial charge in [-0.25, -0.2) is 17.5 Å². The van der Waals surface area contributed by atoms with E-state index < -0.39 is 32.0 Å². The molecule has 0 spiro atoms. The molecule has 0 bridgehead atoms. The molecule has 0 unspecified atom stereocenters. The summed E-state index contributed by atoms with van der Waals surface area (Å²) < 4.78 is 33.2. The molecule has 2 fully saturated rings. The number of benzene rings is 1. The number of nitriles is 1. The van der Waals surface area contributed by atoms with Crippen molar-refractivity contribution in [3.63, 3.8) is 0 Å². The Balaban J connectivity index is 1.79. The Bertz CT molecular complexity index is 1050. The van der Waals surface area contributed by atoms with Crippen molar-refractivity contribution >= 4 is 21.8 Å². The lowest BCUT2D eigenvalue weighted by molar-refractivity contribution is 0.0589. The molecule has 1 aromatic rings. The first-order valence-corrected chi connectivity index (χ1v) is 12.8. The highest BCUT2D eigenvalue weighted by atomic mass is 32.2. The van der Waals surface area contributed by atoms with Crippen LogP contribution in [0.5, 0.6) is 0 Å². The molecule has 3 rings (SSSR count). The van der Waals surface area contributed by atoms with Gasteiger partial charge in [-0.15, -0.1) is 0 Å². The number of nitrogens with zero attached hydrogens (tertiary/aromatic N) is 3. The summed E-state index contributed by atoms with van der Waals surface area (Å²) in [6.07, 6.45) is 1.94. The van der Waals surface area contributed by atoms with Crippen molar-refractivity contribution in [3.05, 3.63) is 28.8 Å². The number of amides is 1. The average Bonchev–Trinajstić information content (AvgIpc) is 3.50. The van der Waals surface area contributed by atoms with Crippen LogP contribution in [-0.2, 0) is 21.2 Å². The Kier molecular flexibility index (Phi) is 6.61. The molecule has 33 heavy (non-hydrogen) atoms.